The van der Waals surface area contributed by atoms with Crippen LogP contribution in [0.25, 0.3) is 11.5 Å². The number of amides is 2. The Labute approximate surface area is 199 Å². The summed E-state index contributed by atoms with van der Waals surface area (Å²) in [6.45, 7) is 8.71. The molecule has 8 heteroatoms. The van der Waals surface area contributed by atoms with Gasteiger partial charge in [0, 0.05) is 23.8 Å². The molecule has 34 heavy (non-hydrogen) atoms. The second kappa shape index (κ2) is 10.3. The highest BCUT2D eigenvalue weighted by Crippen LogP contribution is 2.27. The van der Waals surface area contributed by atoms with Crippen molar-refractivity contribution in [3.05, 3.63) is 59.4 Å². The van der Waals surface area contributed by atoms with Crippen LogP contribution in [0, 0.1) is 25.7 Å². The Morgan fingerprint density at radius 2 is 2.00 bits per heavy atom. The minimum atomic E-state index is -0.247. The molecule has 2 atom stereocenters. The summed E-state index contributed by atoms with van der Waals surface area (Å²) >= 11 is 0. The van der Waals surface area contributed by atoms with E-state index in [4.69, 9.17) is 13.6 Å². The van der Waals surface area contributed by atoms with Crippen molar-refractivity contribution in [3.63, 3.8) is 0 Å². The zero-order chi connectivity index (χ0) is 24.2. The van der Waals surface area contributed by atoms with E-state index in [-0.39, 0.29) is 23.8 Å². The first kappa shape index (κ1) is 23.8. The van der Waals surface area contributed by atoms with E-state index in [2.05, 4.69) is 29.5 Å². The molecule has 0 saturated carbocycles. The summed E-state index contributed by atoms with van der Waals surface area (Å²) in [5.74, 6) is 1.76. The van der Waals surface area contributed by atoms with Crippen molar-refractivity contribution in [1.29, 1.82) is 0 Å². The molecule has 3 aromatic rings. The average molecular weight is 466 g/mol. The summed E-state index contributed by atoms with van der Waals surface area (Å²) in [6, 6.07) is 8.92. The van der Waals surface area contributed by atoms with Crippen LogP contribution >= 0.6 is 0 Å². The molecule has 4 rings (SSSR count). The van der Waals surface area contributed by atoms with Gasteiger partial charge in [-0.2, -0.15) is 0 Å². The highest BCUT2D eigenvalue weighted by molar-refractivity contribution is 6.05. The van der Waals surface area contributed by atoms with Gasteiger partial charge in [0.25, 0.3) is 5.91 Å². The van der Waals surface area contributed by atoms with Crippen LogP contribution in [0.2, 0.25) is 0 Å². The number of aromatic nitrogens is 1. The van der Waals surface area contributed by atoms with Gasteiger partial charge in [0.05, 0.1) is 24.5 Å². The first-order valence-corrected chi connectivity index (χ1v) is 11.6. The van der Waals surface area contributed by atoms with Gasteiger partial charge in [0.15, 0.2) is 0 Å². The number of carbonyl (C=O) groups is 2. The number of aryl methyl sites for hydroxylation is 2. The molecule has 0 aliphatic carbocycles. The van der Waals surface area contributed by atoms with Gasteiger partial charge in [-0.1, -0.05) is 19.9 Å². The molecular weight excluding hydrogens is 434 g/mol. The SMILES string of the molecule is Cc1occc1C(=O)Nc1cccc(-c2nc(CNC(=O)C3CCOC(C(C)C)C3)c(C)o2)c1. The Balaban J connectivity index is 1.40. The maximum Gasteiger partial charge on any atom is 0.259 e. The fourth-order valence-electron chi connectivity index (χ4n) is 4.11. The van der Waals surface area contributed by atoms with E-state index in [1.54, 1.807) is 25.1 Å². The predicted octanol–water partition coefficient (Wildman–Crippen LogP) is 4.87. The number of hydrogen-bond donors (Lipinski definition) is 2. The van der Waals surface area contributed by atoms with Crippen LogP contribution < -0.4 is 10.6 Å². The molecule has 0 spiro atoms. The Bertz CT molecular complexity index is 1160. The fourth-order valence-corrected chi connectivity index (χ4v) is 4.11. The third kappa shape index (κ3) is 5.39. The van der Waals surface area contributed by atoms with Crippen molar-refractivity contribution in [2.24, 2.45) is 11.8 Å². The smallest absolute Gasteiger partial charge is 0.259 e. The number of nitrogens with zero attached hydrogens (tertiary/aromatic N) is 1. The summed E-state index contributed by atoms with van der Waals surface area (Å²) in [7, 11) is 0. The maximum atomic E-state index is 12.7. The van der Waals surface area contributed by atoms with Crippen LogP contribution in [0.15, 0.2) is 45.4 Å². The van der Waals surface area contributed by atoms with E-state index in [0.717, 1.165) is 18.4 Å². The molecule has 1 fully saturated rings. The van der Waals surface area contributed by atoms with E-state index in [1.807, 2.05) is 19.1 Å². The van der Waals surface area contributed by atoms with Crippen molar-refractivity contribution in [2.45, 2.75) is 53.2 Å². The van der Waals surface area contributed by atoms with Gasteiger partial charge in [0.1, 0.15) is 17.2 Å². The highest BCUT2D eigenvalue weighted by atomic mass is 16.5. The summed E-state index contributed by atoms with van der Waals surface area (Å²) < 4.78 is 16.8. The number of furan rings is 1. The van der Waals surface area contributed by atoms with Crippen LogP contribution in [0.4, 0.5) is 5.69 Å². The number of anilines is 1. The Morgan fingerprint density at radius 3 is 2.74 bits per heavy atom. The maximum absolute atomic E-state index is 12.7. The van der Waals surface area contributed by atoms with Gasteiger partial charge >= 0.3 is 0 Å². The molecule has 2 amide bonds. The summed E-state index contributed by atoms with van der Waals surface area (Å²) in [5, 5.41) is 5.88. The largest absolute Gasteiger partial charge is 0.469 e. The van der Waals surface area contributed by atoms with Gasteiger partial charge in [-0.15, -0.1) is 0 Å². The van der Waals surface area contributed by atoms with Gasteiger partial charge < -0.3 is 24.2 Å². The summed E-state index contributed by atoms with van der Waals surface area (Å²) in [4.78, 5) is 29.8. The van der Waals surface area contributed by atoms with Crippen molar-refractivity contribution in [1.82, 2.24) is 10.3 Å². The van der Waals surface area contributed by atoms with Crippen LogP contribution in [0.1, 0.15) is 54.3 Å². The van der Waals surface area contributed by atoms with Crippen molar-refractivity contribution >= 4 is 17.5 Å². The van der Waals surface area contributed by atoms with Crippen molar-refractivity contribution in [2.75, 3.05) is 11.9 Å². The monoisotopic (exact) mass is 465 g/mol. The molecule has 0 radical (unpaired) electrons. The quantitative estimate of drug-likeness (QED) is 0.516. The van der Waals surface area contributed by atoms with Gasteiger partial charge in [-0.3, -0.25) is 9.59 Å². The second-order valence-electron chi connectivity index (χ2n) is 9.04. The first-order valence-electron chi connectivity index (χ1n) is 11.6. The molecule has 1 aromatic carbocycles. The van der Waals surface area contributed by atoms with Gasteiger partial charge in [-0.05, 0) is 56.9 Å². The second-order valence-corrected chi connectivity index (χ2v) is 9.04. The molecule has 1 aliphatic rings. The van der Waals surface area contributed by atoms with Crippen LogP contribution in [-0.2, 0) is 16.1 Å². The van der Waals surface area contributed by atoms with Crippen molar-refractivity contribution in [3.8, 4) is 11.5 Å². The minimum absolute atomic E-state index is 0.0251. The molecule has 8 nitrogen and oxygen atoms in total. The molecule has 2 aromatic heterocycles. The molecule has 2 unspecified atom stereocenters. The van der Waals surface area contributed by atoms with E-state index in [9.17, 15) is 9.59 Å². The topological polar surface area (TPSA) is 107 Å². The number of carbonyl (C=O) groups excluding carboxylic acids is 2. The predicted molar refractivity (Wildman–Crippen MR) is 127 cm³/mol. The fraction of sp³-hybridized carbons (Fsp3) is 0.423. The number of benzene rings is 1. The molecule has 180 valence electrons. The van der Waals surface area contributed by atoms with Crippen LogP contribution in [0.3, 0.4) is 0 Å². The standard InChI is InChI=1S/C26H31N3O5/c1-15(2)23-13-18(8-10-33-23)24(30)27-14-22-17(4)34-26(29-22)19-6-5-7-20(12-19)28-25(31)21-9-11-32-16(21)3/h5-7,9,11-12,15,18,23H,8,10,13-14H2,1-4H3,(H,27,30)(H,28,31). The third-order valence-corrected chi connectivity index (χ3v) is 6.22. The lowest BCUT2D eigenvalue weighted by Crippen LogP contribution is -2.38. The highest BCUT2D eigenvalue weighted by Gasteiger charge is 2.29. The zero-order valence-electron chi connectivity index (χ0n) is 20.0. The molecule has 2 N–H and O–H groups in total. The van der Waals surface area contributed by atoms with E-state index in [1.165, 1.54) is 6.26 Å². The lowest BCUT2D eigenvalue weighted by atomic mass is 9.89. The lowest BCUT2D eigenvalue weighted by Gasteiger charge is -2.31. The Kier molecular flexibility index (Phi) is 7.17. The number of oxazole rings is 1. The molecule has 1 saturated heterocycles. The van der Waals surface area contributed by atoms with Crippen LogP contribution in [0.5, 0.6) is 0 Å². The first-order chi connectivity index (χ1) is 16.3. The minimum Gasteiger partial charge on any atom is -0.469 e. The Morgan fingerprint density at radius 1 is 1.18 bits per heavy atom. The van der Waals surface area contributed by atoms with Gasteiger partial charge in [0.2, 0.25) is 11.8 Å². The van der Waals surface area contributed by atoms with E-state index in [0.29, 0.717) is 53.4 Å². The summed E-state index contributed by atoms with van der Waals surface area (Å²) in [6.07, 6.45) is 3.08. The molecule has 0 bridgehead atoms. The summed E-state index contributed by atoms with van der Waals surface area (Å²) in [5.41, 5.74) is 2.51. The van der Waals surface area contributed by atoms with Gasteiger partial charge in [-0.25, -0.2) is 4.98 Å². The number of ether oxygens (including phenoxy) is 1. The van der Waals surface area contributed by atoms with E-state index >= 15 is 0 Å². The molecule has 3 heterocycles. The average Bonchev–Trinajstić information content (AvgIpc) is 3.43. The third-order valence-electron chi connectivity index (χ3n) is 6.22. The van der Waals surface area contributed by atoms with E-state index < -0.39 is 0 Å². The lowest BCUT2D eigenvalue weighted by molar-refractivity contribution is -0.131. The molecule has 1 aliphatic heterocycles. The number of rotatable bonds is 7. The Hall–Kier alpha value is -3.39. The zero-order valence-corrected chi connectivity index (χ0v) is 20.0. The number of nitrogens with one attached hydrogen (secondary N) is 2. The normalized spacial score (nSPS) is 18.1. The van der Waals surface area contributed by atoms with Crippen LogP contribution in [-0.4, -0.2) is 29.5 Å². The van der Waals surface area contributed by atoms with Crippen molar-refractivity contribution < 1.29 is 23.2 Å². The number of hydrogen-bond acceptors (Lipinski definition) is 6. The molecular formula is C26H31N3O5.